The number of carbonyl (C=O) groups is 2. The lowest BCUT2D eigenvalue weighted by Crippen LogP contribution is -2.45. The number of amides is 1. The van der Waals surface area contributed by atoms with E-state index in [2.05, 4.69) is 31.3 Å². The molecule has 2 unspecified atom stereocenters. The Balaban J connectivity index is 3.34. The number of aliphatic hydroxyl groups excluding tert-OH is 2. The first kappa shape index (κ1) is 69.3. The van der Waals surface area contributed by atoms with Crippen LogP contribution in [0.15, 0.2) is 24.3 Å². The van der Waals surface area contributed by atoms with Crippen LogP contribution in [-0.4, -0.2) is 47.4 Å². The van der Waals surface area contributed by atoms with E-state index in [1.165, 1.54) is 289 Å². The second kappa shape index (κ2) is 60.9. The molecule has 6 nitrogen and oxygen atoms in total. The highest BCUT2D eigenvalue weighted by atomic mass is 16.5. The van der Waals surface area contributed by atoms with Gasteiger partial charge in [-0.2, -0.15) is 0 Å². The van der Waals surface area contributed by atoms with Gasteiger partial charge in [0, 0.05) is 12.8 Å². The zero-order valence-electron chi connectivity index (χ0n) is 48.0. The van der Waals surface area contributed by atoms with E-state index in [4.69, 9.17) is 4.74 Å². The molecule has 6 heteroatoms. The maximum Gasteiger partial charge on any atom is 0.305 e. The predicted octanol–water partition coefficient (Wildman–Crippen LogP) is 20.2. The van der Waals surface area contributed by atoms with Crippen LogP contribution in [0.3, 0.4) is 0 Å². The van der Waals surface area contributed by atoms with Gasteiger partial charge in [-0.25, -0.2) is 0 Å². The molecule has 0 bridgehead atoms. The molecule has 2 atom stereocenters. The molecule has 71 heavy (non-hydrogen) atoms. The van der Waals surface area contributed by atoms with Gasteiger partial charge in [0.1, 0.15) is 0 Å². The highest BCUT2D eigenvalue weighted by Crippen LogP contribution is 2.18. The summed E-state index contributed by atoms with van der Waals surface area (Å²) in [5.74, 6) is -0.0527. The molecule has 0 aromatic carbocycles. The molecule has 0 fully saturated rings. The fourth-order valence-electron chi connectivity index (χ4n) is 10.0. The number of esters is 1. The minimum absolute atomic E-state index is 0.0189. The van der Waals surface area contributed by atoms with E-state index in [0.29, 0.717) is 19.4 Å². The van der Waals surface area contributed by atoms with Crippen LogP contribution in [0, 0.1) is 0 Å². The summed E-state index contributed by atoms with van der Waals surface area (Å²) in [5.41, 5.74) is 0. The maximum atomic E-state index is 12.4. The average molecular weight is 1000 g/mol. The average Bonchev–Trinajstić information content (AvgIpc) is 3.37. The molecule has 0 spiro atoms. The Kier molecular flexibility index (Phi) is 59.5. The van der Waals surface area contributed by atoms with Crippen molar-refractivity contribution in [3.63, 3.8) is 0 Å². The van der Waals surface area contributed by atoms with Crippen molar-refractivity contribution in [2.45, 2.75) is 366 Å². The Morgan fingerprint density at radius 1 is 0.380 bits per heavy atom. The Bertz CT molecular complexity index is 1110. The maximum absolute atomic E-state index is 12.4. The van der Waals surface area contributed by atoms with Gasteiger partial charge in [0.2, 0.25) is 5.91 Å². The molecule has 3 N–H and O–H groups in total. The summed E-state index contributed by atoms with van der Waals surface area (Å²) < 4.78 is 5.51. The number of carbonyl (C=O) groups excluding carboxylic acids is 2. The number of ether oxygens (including phenoxy) is 1. The quantitative estimate of drug-likeness (QED) is 0.0320. The van der Waals surface area contributed by atoms with E-state index >= 15 is 0 Å². The number of aliphatic hydroxyl groups is 2. The SMILES string of the molecule is CCCCCCCCC/C=C/C(O)C(CO)NC(=O)CCCCCCCCCCCC/C=C\CCCCCCCCCCCCCCOC(=O)CCCCCCCCCCCCCCCCCCCCC. The van der Waals surface area contributed by atoms with Gasteiger partial charge in [0.05, 0.1) is 25.4 Å². The highest BCUT2D eigenvalue weighted by molar-refractivity contribution is 5.76. The third-order valence-electron chi connectivity index (χ3n) is 15.0. The number of nitrogens with one attached hydrogen (secondary N) is 1. The van der Waals surface area contributed by atoms with Crippen LogP contribution >= 0.6 is 0 Å². The van der Waals surface area contributed by atoms with Gasteiger partial charge in [-0.1, -0.05) is 308 Å². The fraction of sp³-hybridized carbons (Fsp3) is 0.908. The van der Waals surface area contributed by atoms with Gasteiger partial charge in [-0.05, 0) is 57.8 Å². The van der Waals surface area contributed by atoms with Crippen molar-refractivity contribution in [2.75, 3.05) is 13.2 Å². The summed E-state index contributed by atoms with van der Waals surface area (Å²) in [6.45, 7) is 4.90. The lowest BCUT2D eigenvalue weighted by atomic mass is 10.0. The van der Waals surface area contributed by atoms with Gasteiger partial charge in [0.25, 0.3) is 0 Å². The first-order valence-electron chi connectivity index (χ1n) is 32.1. The summed E-state index contributed by atoms with van der Waals surface area (Å²) in [5, 5.41) is 22.9. The summed E-state index contributed by atoms with van der Waals surface area (Å²) in [6, 6.07) is -0.627. The van der Waals surface area contributed by atoms with Crippen molar-refractivity contribution >= 4 is 11.9 Å². The lowest BCUT2D eigenvalue weighted by Gasteiger charge is -2.20. The van der Waals surface area contributed by atoms with Crippen LogP contribution in [-0.2, 0) is 14.3 Å². The van der Waals surface area contributed by atoms with Crippen molar-refractivity contribution in [3.8, 4) is 0 Å². The second-order valence-electron chi connectivity index (χ2n) is 22.1. The van der Waals surface area contributed by atoms with E-state index in [9.17, 15) is 19.8 Å². The molecule has 1 amide bonds. The first-order valence-corrected chi connectivity index (χ1v) is 32.1. The number of unbranched alkanes of at least 4 members (excludes halogenated alkanes) is 47. The van der Waals surface area contributed by atoms with E-state index in [1.54, 1.807) is 6.08 Å². The van der Waals surface area contributed by atoms with Gasteiger partial charge in [-0.3, -0.25) is 9.59 Å². The third-order valence-corrected chi connectivity index (χ3v) is 15.0. The van der Waals surface area contributed by atoms with Crippen LogP contribution in [0.25, 0.3) is 0 Å². The van der Waals surface area contributed by atoms with Crippen LogP contribution < -0.4 is 5.32 Å². The summed E-state index contributed by atoms with van der Waals surface area (Å²) in [7, 11) is 0. The second-order valence-corrected chi connectivity index (χ2v) is 22.1. The van der Waals surface area contributed by atoms with Crippen molar-refractivity contribution in [2.24, 2.45) is 0 Å². The zero-order valence-corrected chi connectivity index (χ0v) is 48.0. The van der Waals surface area contributed by atoms with Gasteiger partial charge in [0.15, 0.2) is 0 Å². The van der Waals surface area contributed by atoms with Gasteiger partial charge < -0.3 is 20.3 Å². The normalized spacial score (nSPS) is 12.7. The van der Waals surface area contributed by atoms with Crippen molar-refractivity contribution in [3.05, 3.63) is 24.3 Å². The van der Waals surface area contributed by atoms with E-state index in [-0.39, 0.29) is 18.5 Å². The molecular formula is C65H125NO5. The Hall–Kier alpha value is -1.66. The molecule has 0 aromatic rings. The summed E-state index contributed by atoms with van der Waals surface area (Å²) in [6.07, 6.45) is 75.3. The molecule has 0 radical (unpaired) electrons. The van der Waals surface area contributed by atoms with Crippen LogP contribution in [0.5, 0.6) is 0 Å². The molecule has 420 valence electrons. The van der Waals surface area contributed by atoms with Crippen molar-refractivity contribution in [1.29, 1.82) is 0 Å². The minimum atomic E-state index is -0.843. The standard InChI is InChI=1S/C65H125NO5/c1-3-5-7-9-11-13-14-15-16-17-26-30-33-36-39-43-47-51-55-59-65(70)71-60-56-52-48-44-40-37-34-31-28-25-23-21-19-18-20-22-24-27-29-32-35-38-42-46-50-54-58-64(69)66-62(61-67)63(68)57-53-49-45-41-12-10-8-6-4-2/h18,20,53,57,62-63,67-68H,3-17,19,21-52,54-56,58-61H2,1-2H3,(H,66,69)/b20-18-,57-53+. The fourth-order valence-corrected chi connectivity index (χ4v) is 10.0. The molecule has 0 saturated heterocycles. The smallest absolute Gasteiger partial charge is 0.305 e. The van der Waals surface area contributed by atoms with Crippen LogP contribution in [0.4, 0.5) is 0 Å². The lowest BCUT2D eigenvalue weighted by molar-refractivity contribution is -0.143. The molecular weight excluding hydrogens is 875 g/mol. The highest BCUT2D eigenvalue weighted by Gasteiger charge is 2.18. The molecule has 0 rings (SSSR count). The first-order chi connectivity index (χ1) is 35.0. The van der Waals surface area contributed by atoms with E-state index in [0.717, 1.165) is 38.5 Å². The molecule has 0 aromatic heterocycles. The van der Waals surface area contributed by atoms with Gasteiger partial charge in [-0.15, -0.1) is 0 Å². The minimum Gasteiger partial charge on any atom is -0.466 e. The van der Waals surface area contributed by atoms with E-state index in [1.807, 2.05) is 6.08 Å². The largest absolute Gasteiger partial charge is 0.466 e. The number of hydrogen-bond donors (Lipinski definition) is 3. The van der Waals surface area contributed by atoms with Crippen molar-refractivity contribution < 1.29 is 24.5 Å². The Morgan fingerprint density at radius 3 is 1.00 bits per heavy atom. The molecule has 0 heterocycles. The van der Waals surface area contributed by atoms with E-state index < -0.39 is 12.1 Å². The molecule has 0 aliphatic carbocycles. The number of rotatable bonds is 60. The Labute approximate surface area is 443 Å². The van der Waals surface area contributed by atoms with Crippen LogP contribution in [0.2, 0.25) is 0 Å². The summed E-state index contributed by atoms with van der Waals surface area (Å²) in [4.78, 5) is 24.5. The number of allylic oxidation sites excluding steroid dienone is 3. The van der Waals surface area contributed by atoms with Crippen molar-refractivity contribution in [1.82, 2.24) is 5.32 Å². The molecule has 0 saturated carbocycles. The third kappa shape index (κ3) is 57.5. The molecule has 0 aliphatic rings. The summed E-state index contributed by atoms with van der Waals surface area (Å²) >= 11 is 0. The number of hydrogen-bond acceptors (Lipinski definition) is 5. The van der Waals surface area contributed by atoms with Gasteiger partial charge >= 0.3 is 5.97 Å². The zero-order chi connectivity index (χ0) is 51.4. The predicted molar refractivity (Wildman–Crippen MR) is 310 cm³/mol. The monoisotopic (exact) mass is 1000 g/mol. The Morgan fingerprint density at radius 2 is 0.662 bits per heavy atom. The van der Waals surface area contributed by atoms with Crippen LogP contribution in [0.1, 0.15) is 354 Å². The molecule has 0 aliphatic heterocycles. The topological polar surface area (TPSA) is 95.9 Å².